The van der Waals surface area contributed by atoms with Gasteiger partial charge in [-0.05, 0) is 30.4 Å². The maximum atomic E-state index is 12.6. The first kappa shape index (κ1) is 17.6. The molecular weight excluding hydrogens is 374 g/mol. The van der Waals surface area contributed by atoms with Gasteiger partial charge in [0, 0.05) is 11.8 Å². The summed E-state index contributed by atoms with van der Waals surface area (Å²) in [6, 6.07) is 6.06. The van der Waals surface area contributed by atoms with Crippen molar-refractivity contribution in [2.45, 2.75) is 6.18 Å². The van der Waals surface area contributed by atoms with Crippen molar-refractivity contribution in [1.29, 1.82) is 0 Å². The Morgan fingerprint density at radius 2 is 1.83 bits per heavy atom. The molecule has 0 saturated carbocycles. The maximum Gasteiger partial charge on any atom is 0.433 e. The van der Waals surface area contributed by atoms with E-state index in [9.17, 15) is 13.2 Å². The van der Waals surface area contributed by atoms with Crippen LogP contribution < -0.4 is 15.8 Å². The molecule has 0 spiro atoms. The number of aromatic nitrogens is 1. The number of nitrogens with two attached hydrogens (primary N) is 1. The fourth-order valence-electron chi connectivity index (χ4n) is 1.61. The Hall–Kier alpha value is -1.77. The van der Waals surface area contributed by atoms with Crippen molar-refractivity contribution in [2.75, 3.05) is 5.32 Å². The Balaban J connectivity index is 2.32. The Labute approximate surface area is 144 Å². The molecule has 0 atom stereocenters. The van der Waals surface area contributed by atoms with E-state index in [0.717, 1.165) is 12.1 Å². The molecule has 0 saturated heterocycles. The predicted octanol–water partition coefficient (Wildman–Crippen LogP) is 4.86. The zero-order valence-corrected chi connectivity index (χ0v) is 13.4. The Kier molecular flexibility index (Phi) is 5.18. The van der Waals surface area contributed by atoms with Crippen LogP contribution in [-0.4, -0.2) is 10.1 Å². The van der Waals surface area contributed by atoms with Crippen LogP contribution in [0.25, 0.3) is 0 Å². The smallest absolute Gasteiger partial charge is 0.433 e. The molecule has 1 heterocycles. The summed E-state index contributed by atoms with van der Waals surface area (Å²) >= 11 is 16.7. The average Bonchev–Trinajstić information content (AvgIpc) is 2.41. The second kappa shape index (κ2) is 6.77. The molecule has 1 aromatic carbocycles. The van der Waals surface area contributed by atoms with Crippen LogP contribution in [0.2, 0.25) is 10.0 Å². The third-order valence-electron chi connectivity index (χ3n) is 2.49. The summed E-state index contributed by atoms with van der Waals surface area (Å²) in [5.41, 5.74) is 4.65. The molecule has 23 heavy (non-hydrogen) atoms. The SMILES string of the molecule is NC(=S)Nc1cc(Cl)c(Oc2cccc(C(F)(F)F)n2)c(Cl)c1. The van der Waals surface area contributed by atoms with E-state index in [1.54, 1.807) is 0 Å². The van der Waals surface area contributed by atoms with Gasteiger partial charge in [0.05, 0.1) is 10.0 Å². The predicted molar refractivity (Wildman–Crippen MR) is 86.2 cm³/mol. The lowest BCUT2D eigenvalue weighted by Gasteiger charge is -2.12. The summed E-state index contributed by atoms with van der Waals surface area (Å²) in [6.07, 6.45) is -4.59. The van der Waals surface area contributed by atoms with E-state index in [2.05, 4.69) is 22.5 Å². The van der Waals surface area contributed by atoms with Gasteiger partial charge in [-0.1, -0.05) is 29.3 Å². The van der Waals surface area contributed by atoms with Crippen LogP contribution in [0.5, 0.6) is 11.6 Å². The highest BCUT2D eigenvalue weighted by Crippen LogP contribution is 2.39. The molecule has 0 bridgehead atoms. The molecule has 0 amide bonds. The number of ether oxygens (including phenoxy) is 1. The van der Waals surface area contributed by atoms with Gasteiger partial charge in [0.2, 0.25) is 5.88 Å². The first-order chi connectivity index (χ1) is 10.7. The largest absolute Gasteiger partial charge is 0.436 e. The van der Waals surface area contributed by atoms with Crippen LogP contribution in [-0.2, 0) is 6.18 Å². The van der Waals surface area contributed by atoms with Gasteiger partial charge in [-0.15, -0.1) is 0 Å². The lowest BCUT2D eigenvalue weighted by atomic mass is 10.3. The molecule has 0 aliphatic heterocycles. The number of hydrogen-bond acceptors (Lipinski definition) is 3. The fourth-order valence-corrected chi connectivity index (χ4v) is 2.29. The number of alkyl halides is 3. The number of nitrogens with one attached hydrogen (secondary N) is 1. The number of hydrogen-bond donors (Lipinski definition) is 2. The first-order valence-corrected chi connectivity index (χ1v) is 7.11. The summed E-state index contributed by atoms with van der Waals surface area (Å²) in [5.74, 6) is -0.327. The van der Waals surface area contributed by atoms with E-state index in [1.165, 1.54) is 18.2 Å². The van der Waals surface area contributed by atoms with E-state index in [-0.39, 0.29) is 26.8 Å². The summed E-state index contributed by atoms with van der Waals surface area (Å²) < 4.78 is 43.2. The minimum Gasteiger partial charge on any atom is -0.436 e. The van der Waals surface area contributed by atoms with Crippen molar-refractivity contribution >= 4 is 46.2 Å². The minimum atomic E-state index is -4.59. The summed E-state index contributed by atoms with van der Waals surface area (Å²) in [4.78, 5) is 3.37. The zero-order valence-electron chi connectivity index (χ0n) is 11.1. The van der Waals surface area contributed by atoms with Crippen LogP contribution >= 0.6 is 35.4 Å². The first-order valence-electron chi connectivity index (χ1n) is 5.94. The summed E-state index contributed by atoms with van der Waals surface area (Å²) in [6.45, 7) is 0. The van der Waals surface area contributed by atoms with Gasteiger partial charge < -0.3 is 15.8 Å². The Bertz CT molecular complexity index is 732. The highest BCUT2D eigenvalue weighted by molar-refractivity contribution is 7.80. The van der Waals surface area contributed by atoms with Crippen molar-refractivity contribution < 1.29 is 17.9 Å². The normalized spacial score (nSPS) is 11.2. The molecule has 0 unspecified atom stereocenters. The van der Waals surface area contributed by atoms with Crippen molar-refractivity contribution in [3.8, 4) is 11.6 Å². The molecule has 0 radical (unpaired) electrons. The van der Waals surface area contributed by atoms with Gasteiger partial charge in [0.15, 0.2) is 10.9 Å². The Morgan fingerprint density at radius 1 is 1.22 bits per heavy atom. The zero-order chi connectivity index (χ0) is 17.2. The monoisotopic (exact) mass is 381 g/mol. The molecule has 2 aromatic rings. The van der Waals surface area contributed by atoms with Gasteiger partial charge >= 0.3 is 6.18 Å². The number of thiocarbonyl (C=S) groups is 1. The molecule has 122 valence electrons. The van der Waals surface area contributed by atoms with Crippen molar-refractivity contribution in [1.82, 2.24) is 4.98 Å². The van der Waals surface area contributed by atoms with E-state index >= 15 is 0 Å². The number of benzene rings is 1. The van der Waals surface area contributed by atoms with Gasteiger partial charge in [-0.25, -0.2) is 4.98 Å². The maximum absolute atomic E-state index is 12.6. The molecule has 0 aliphatic rings. The van der Waals surface area contributed by atoms with Gasteiger partial charge in [0.25, 0.3) is 0 Å². The van der Waals surface area contributed by atoms with E-state index in [1.807, 2.05) is 0 Å². The van der Waals surface area contributed by atoms with Crippen LogP contribution in [0.15, 0.2) is 30.3 Å². The number of rotatable bonds is 3. The molecule has 0 aliphatic carbocycles. The van der Waals surface area contributed by atoms with Crippen LogP contribution in [0.4, 0.5) is 18.9 Å². The lowest BCUT2D eigenvalue weighted by Crippen LogP contribution is -2.18. The van der Waals surface area contributed by atoms with Crippen LogP contribution in [0, 0.1) is 0 Å². The molecule has 2 rings (SSSR count). The molecule has 10 heteroatoms. The minimum absolute atomic E-state index is 0.00495. The van der Waals surface area contributed by atoms with E-state index in [4.69, 9.17) is 33.7 Å². The number of nitrogens with zero attached hydrogens (tertiary/aromatic N) is 1. The standard InChI is InChI=1S/C13H8Cl2F3N3OS/c14-7-4-6(20-12(19)23)5-8(15)11(7)22-10-3-1-2-9(21-10)13(16,17)18/h1-5H,(H3,19,20,23). The fraction of sp³-hybridized carbons (Fsp3) is 0.0769. The van der Waals surface area contributed by atoms with Crippen LogP contribution in [0.3, 0.4) is 0 Å². The van der Waals surface area contributed by atoms with Gasteiger partial charge in [0.1, 0.15) is 5.69 Å². The Morgan fingerprint density at radius 3 is 2.35 bits per heavy atom. The molecular formula is C13H8Cl2F3N3OS. The quantitative estimate of drug-likeness (QED) is 0.743. The number of anilines is 1. The second-order valence-electron chi connectivity index (χ2n) is 4.22. The van der Waals surface area contributed by atoms with Crippen molar-refractivity contribution in [3.05, 3.63) is 46.1 Å². The molecule has 3 N–H and O–H groups in total. The number of pyridine rings is 1. The van der Waals surface area contributed by atoms with Crippen molar-refractivity contribution in [3.63, 3.8) is 0 Å². The molecule has 0 fully saturated rings. The topological polar surface area (TPSA) is 60.2 Å². The van der Waals surface area contributed by atoms with Gasteiger partial charge in [-0.3, -0.25) is 0 Å². The van der Waals surface area contributed by atoms with E-state index in [0.29, 0.717) is 5.69 Å². The third-order valence-corrected chi connectivity index (χ3v) is 3.15. The second-order valence-corrected chi connectivity index (χ2v) is 5.47. The summed E-state index contributed by atoms with van der Waals surface area (Å²) in [7, 11) is 0. The highest BCUT2D eigenvalue weighted by Gasteiger charge is 2.32. The average molecular weight is 382 g/mol. The van der Waals surface area contributed by atoms with E-state index < -0.39 is 11.9 Å². The number of halogens is 5. The van der Waals surface area contributed by atoms with Gasteiger partial charge in [-0.2, -0.15) is 13.2 Å². The molecule has 1 aromatic heterocycles. The van der Waals surface area contributed by atoms with Crippen LogP contribution in [0.1, 0.15) is 5.69 Å². The lowest BCUT2D eigenvalue weighted by molar-refractivity contribution is -0.141. The van der Waals surface area contributed by atoms with Crippen molar-refractivity contribution in [2.24, 2.45) is 5.73 Å². The highest BCUT2D eigenvalue weighted by atomic mass is 35.5. The summed E-state index contributed by atoms with van der Waals surface area (Å²) in [5, 5.41) is 2.73. The third kappa shape index (κ3) is 4.60. The molecule has 4 nitrogen and oxygen atoms in total.